The highest BCUT2D eigenvalue weighted by Crippen LogP contribution is 2.32. The number of imidazole rings is 1. The molecule has 6 rings (SSSR count). The van der Waals surface area contributed by atoms with E-state index in [0.29, 0.717) is 28.5 Å². The van der Waals surface area contributed by atoms with Crippen LogP contribution < -0.4 is 5.32 Å². The molecule has 172 valence electrons. The Balaban J connectivity index is 1.41. The number of pyridine rings is 3. The first-order valence-electron chi connectivity index (χ1n) is 11.0. The van der Waals surface area contributed by atoms with Crippen LogP contribution >= 0.6 is 0 Å². The molecule has 0 atom stereocenters. The molecule has 0 spiro atoms. The van der Waals surface area contributed by atoms with Crippen LogP contribution in [0.25, 0.3) is 56.0 Å². The Bertz CT molecular complexity index is 1680. The minimum absolute atomic E-state index is 0.0715. The fraction of sp³-hybridized carbons (Fsp3) is 0.120. The molecule has 0 unspecified atom stereocenters. The average molecular weight is 464 g/mol. The highest BCUT2D eigenvalue weighted by Gasteiger charge is 2.17. The predicted molar refractivity (Wildman–Crippen MR) is 131 cm³/mol. The lowest BCUT2D eigenvalue weighted by Gasteiger charge is -2.08. The lowest BCUT2D eigenvalue weighted by atomic mass is 10.1. The van der Waals surface area contributed by atoms with Crippen LogP contribution in [0.4, 0.5) is 5.69 Å². The summed E-state index contributed by atoms with van der Waals surface area (Å²) < 4.78 is 5.24. The van der Waals surface area contributed by atoms with Crippen LogP contribution in [0.1, 0.15) is 13.8 Å². The molecule has 0 aromatic carbocycles. The van der Waals surface area contributed by atoms with Crippen molar-refractivity contribution in [3.63, 3.8) is 0 Å². The smallest absolute Gasteiger partial charge is 0.226 e. The maximum Gasteiger partial charge on any atom is 0.226 e. The molecule has 6 heterocycles. The minimum Gasteiger partial charge on any atom is -0.472 e. The number of aromatic amines is 2. The van der Waals surface area contributed by atoms with Gasteiger partial charge in [0.15, 0.2) is 11.5 Å². The first-order chi connectivity index (χ1) is 17.1. The van der Waals surface area contributed by atoms with Crippen molar-refractivity contribution >= 4 is 33.7 Å². The minimum atomic E-state index is -0.131. The predicted octanol–water partition coefficient (Wildman–Crippen LogP) is 4.81. The van der Waals surface area contributed by atoms with Gasteiger partial charge in [0.05, 0.1) is 47.3 Å². The summed E-state index contributed by atoms with van der Waals surface area (Å²) in [6, 6.07) is 7.58. The summed E-state index contributed by atoms with van der Waals surface area (Å²) >= 11 is 0. The van der Waals surface area contributed by atoms with E-state index in [1.165, 1.54) is 0 Å². The van der Waals surface area contributed by atoms with Gasteiger partial charge in [-0.3, -0.25) is 19.9 Å². The topological polar surface area (TPSA) is 138 Å². The SMILES string of the molecule is CC(C)C(=O)Nc1cncc(-c2cc3c(-c4nc5nccc(-c6ccoc6)c5[nH]4)n[nH]c3cn2)c1. The molecule has 3 N–H and O–H groups in total. The summed E-state index contributed by atoms with van der Waals surface area (Å²) in [7, 11) is 0. The molecule has 35 heavy (non-hydrogen) atoms. The van der Waals surface area contributed by atoms with E-state index in [4.69, 9.17) is 4.42 Å². The van der Waals surface area contributed by atoms with Crippen LogP contribution in [0, 0.1) is 5.92 Å². The number of nitrogens with one attached hydrogen (secondary N) is 3. The molecule has 10 heteroatoms. The zero-order valence-electron chi connectivity index (χ0n) is 18.9. The Kier molecular flexibility index (Phi) is 4.84. The number of hydrogen-bond acceptors (Lipinski definition) is 7. The monoisotopic (exact) mass is 464 g/mol. The average Bonchev–Trinajstić information content (AvgIpc) is 3.62. The van der Waals surface area contributed by atoms with Gasteiger partial charge in [0.2, 0.25) is 5.91 Å². The van der Waals surface area contributed by atoms with Crippen molar-refractivity contribution in [1.82, 2.24) is 35.1 Å². The molecule has 0 radical (unpaired) electrons. The molecule has 0 fully saturated rings. The number of nitrogens with zero attached hydrogens (tertiary/aromatic N) is 5. The fourth-order valence-corrected chi connectivity index (χ4v) is 3.87. The van der Waals surface area contributed by atoms with Gasteiger partial charge in [0, 0.05) is 40.4 Å². The second kappa shape index (κ2) is 8.17. The Morgan fingerprint density at radius 3 is 2.83 bits per heavy atom. The Morgan fingerprint density at radius 2 is 2.00 bits per heavy atom. The first-order valence-corrected chi connectivity index (χ1v) is 11.0. The highest BCUT2D eigenvalue weighted by molar-refractivity contribution is 5.97. The molecule has 1 amide bonds. The molecule has 0 aliphatic rings. The molecular weight excluding hydrogens is 444 g/mol. The van der Waals surface area contributed by atoms with Crippen LogP contribution in [0.2, 0.25) is 0 Å². The van der Waals surface area contributed by atoms with Crippen molar-refractivity contribution in [3.8, 4) is 33.9 Å². The molecule has 0 saturated carbocycles. The van der Waals surface area contributed by atoms with Crippen molar-refractivity contribution in [2.45, 2.75) is 13.8 Å². The Morgan fingerprint density at radius 1 is 1.09 bits per heavy atom. The number of carbonyl (C=O) groups excluding carboxylic acids is 1. The summed E-state index contributed by atoms with van der Waals surface area (Å²) in [4.78, 5) is 33.4. The van der Waals surface area contributed by atoms with Crippen molar-refractivity contribution in [2.24, 2.45) is 5.92 Å². The third kappa shape index (κ3) is 3.70. The molecule has 0 aliphatic heterocycles. The summed E-state index contributed by atoms with van der Waals surface area (Å²) in [5, 5.41) is 11.2. The number of anilines is 1. The molecule has 6 aromatic rings. The number of hydrogen-bond donors (Lipinski definition) is 3. The van der Waals surface area contributed by atoms with E-state index >= 15 is 0 Å². The van der Waals surface area contributed by atoms with E-state index in [9.17, 15) is 4.79 Å². The number of rotatable bonds is 5. The lowest BCUT2D eigenvalue weighted by molar-refractivity contribution is -0.118. The normalized spacial score (nSPS) is 11.5. The van der Waals surface area contributed by atoms with Gasteiger partial charge in [0.1, 0.15) is 5.69 Å². The van der Waals surface area contributed by atoms with Crippen LogP contribution in [-0.4, -0.2) is 41.0 Å². The van der Waals surface area contributed by atoms with E-state index in [-0.39, 0.29) is 11.8 Å². The number of carbonyl (C=O) groups is 1. The highest BCUT2D eigenvalue weighted by atomic mass is 16.3. The van der Waals surface area contributed by atoms with Crippen LogP contribution in [0.5, 0.6) is 0 Å². The van der Waals surface area contributed by atoms with Gasteiger partial charge in [-0.25, -0.2) is 9.97 Å². The fourth-order valence-electron chi connectivity index (χ4n) is 3.87. The first kappa shape index (κ1) is 20.7. The molecular formula is C25H20N8O2. The Hall–Kier alpha value is -4.86. The zero-order chi connectivity index (χ0) is 23.9. The third-order valence-electron chi connectivity index (χ3n) is 5.72. The van der Waals surface area contributed by atoms with Crippen molar-refractivity contribution < 1.29 is 9.21 Å². The summed E-state index contributed by atoms with van der Waals surface area (Å²) in [6.07, 6.45) is 10.1. The van der Waals surface area contributed by atoms with Crippen LogP contribution in [0.3, 0.4) is 0 Å². The summed E-state index contributed by atoms with van der Waals surface area (Å²) in [6.45, 7) is 3.68. The van der Waals surface area contributed by atoms with E-state index in [2.05, 4.69) is 40.4 Å². The van der Waals surface area contributed by atoms with Crippen molar-refractivity contribution in [1.29, 1.82) is 0 Å². The van der Waals surface area contributed by atoms with Crippen LogP contribution in [0.15, 0.2) is 66.0 Å². The number of amides is 1. The quantitative estimate of drug-likeness (QED) is 0.333. The van der Waals surface area contributed by atoms with Gasteiger partial charge in [-0.05, 0) is 24.3 Å². The van der Waals surface area contributed by atoms with Gasteiger partial charge in [-0.1, -0.05) is 13.8 Å². The van der Waals surface area contributed by atoms with Crippen molar-refractivity contribution in [3.05, 3.63) is 61.6 Å². The van der Waals surface area contributed by atoms with Crippen LogP contribution in [-0.2, 0) is 4.79 Å². The van der Waals surface area contributed by atoms with Gasteiger partial charge >= 0.3 is 0 Å². The van der Waals surface area contributed by atoms with E-state index < -0.39 is 0 Å². The summed E-state index contributed by atoms with van der Waals surface area (Å²) in [5.41, 5.74) is 6.76. The second-order valence-electron chi connectivity index (χ2n) is 8.45. The Labute approximate surface area is 198 Å². The third-order valence-corrected chi connectivity index (χ3v) is 5.72. The molecule has 6 aromatic heterocycles. The summed E-state index contributed by atoms with van der Waals surface area (Å²) in [5.74, 6) is 0.384. The van der Waals surface area contributed by atoms with E-state index in [0.717, 1.165) is 33.1 Å². The van der Waals surface area contributed by atoms with Gasteiger partial charge in [0.25, 0.3) is 0 Å². The number of aromatic nitrogens is 7. The van der Waals surface area contributed by atoms with Gasteiger partial charge < -0.3 is 14.7 Å². The van der Waals surface area contributed by atoms with Gasteiger partial charge in [-0.2, -0.15) is 5.10 Å². The largest absolute Gasteiger partial charge is 0.472 e. The molecule has 0 saturated heterocycles. The standard InChI is InChI=1S/C25H20N8O2/c1-13(2)25(34)29-16-7-15(9-26-10-16)19-8-18-20(11-28-19)32-33-22(18)24-30-21-17(14-4-6-35-12-14)3-5-27-23(21)31-24/h3-13H,1-2H3,(H,29,34)(H,32,33)(H,27,30,31). The van der Waals surface area contributed by atoms with E-state index in [1.54, 1.807) is 37.3 Å². The van der Waals surface area contributed by atoms with Gasteiger partial charge in [-0.15, -0.1) is 0 Å². The zero-order valence-corrected chi connectivity index (χ0v) is 18.9. The lowest BCUT2D eigenvalue weighted by Crippen LogP contribution is -2.17. The maximum absolute atomic E-state index is 12.1. The van der Waals surface area contributed by atoms with Crippen molar-refractivity contribution in [2.75, 3.05) is 5.32 Å². The number of H-pyrrole nitrogens is 2. The second-order valence-corrected chi connectivity index (χ2v) is 8.45. The molecule has 0 bridgehead atoms. The number of furan rings is 1. The molecule has 0 aliphatic carbocycles. The maximum atomic E-state index is 12.1. The molecule has 10 nitrogen and oxygen atoms in total. The number of fused-ring (bicyclic) bond motifs is 2. The van der Waals surface area contributed by atoms with E-state index in [1.807, 2.05) is 38.1 Å².